The number of nitrogens with one attached hydrogen (secondary N) is 1. The van der Waals surface area contributed by atoms with Crippen LogP contribution in [-0.2, 0) is 0 Å². The van der Waals surface area contributed by atoms with Gasteiger partial charge in [-0.25, -0.2) is 9.97 Å². The Morgan fingerprint density at radius 1 is 1.41 bits per heavy atom. The molecular formula is C12H15N5. The van der Waals surface area contributed by atoms with Crippen molar-refractivity contribution >= 4 is 16.7 Å². The molecule has 5 nitrogen and oxygen atoms in total. The Kier molecular flexibility index (Phi) is 2.60. The van der Waals surface area contributed by atoms with E-state index in [0.29, 0.717) is 6.04 Å². The van der Waals surface area contributed by atoms with Gasteiger partial charge in [0.25, 0.3) is 0 Å². The van der Waals surface area contributed by atoms with E-state index in [0.717, 1.165) is 36.2 Å². The summed E-state index contributed by atoms with van der Waals surface area (Å²) in [6.07, 6.45) is 6.37. The Labute approximate surface area is 99.9 Å². The molecule has 2 aromatic rings. The Bertz CT molecular complexity index is 516. The van der Waals surface area contributed by atoms with Crippen LogP contribution in [0.25, 0.3) is 10.9 Å². The zero-order valence-electron chi connectivity index (χ0n) is 9.80. The molecule has 0 aliphatic carbocycles. The number of hydrogen-bond acceptors (Lipinski definition) is 5. The van der Waals surface area contributed by atoms with E-state index in [9.17, 15) is 0 Å². The molecule has 0 aromatic carbocycles. The second-order valence-corrected chi connectivity index (χ2v) is 4.35. The number of rotatable bonds is 2. The number of fused-ring (bicyclic) bond motifs is 1. The molecule has 88 valence electrons. The standard InChI is InChI=1S/C12H15N5/c1-17(9-2-4-13-6-9)12-10-7-14-5-3-11(10)15-8-16-12/h3,5,7-9,13H,2,4,6H2,1H3/t9-/m1/s1. The van der Waals surface area contributed by atoms with Gasteiger partial charge in [-0.3, -0.25) is 4.98 Å². The second kappa shape index (κ2) is 4.25. The summed E-state index contributed by atoms with van der Waals surface area (Å²) in [6, 6.07) is 2.43. The first-order chi connectivity index (χ1) is 8.36. The van der Waals surface area contributed by atoms with Gasteiger partial charge < -0.3 is 10.2 Å². The van der Waals surface area contributed by atoms with E-state index in [1.165, 1.54) is 0 Å². The summed E-state index contributed by atoms with van der Waals surface area (Å²) in [5.41, 5.74) is 0.947. The van der Waals surface area contributed by atoms with E-state index in [1.807, 2.05) is 12.3 Å². The number of pyridine rings is 1. The molecule has 2 aromatic heterocycles. The minimum Gasteiger partial charge on any atom is -0.355 e. The van der Waals surface area contributed by atoms with Crippen molar-refractivity contribution in [2.45, 2.75) is 12.5 Å². The van der Waals surface area contributed by atoms with Crippen molar-refractivity contribution in [3.05, 3.63) is 24.8 Å². The highest BCUT2D eigenvalue weighted by atomic mass is 15.2. The summed E-state index contributed by atoms with van der Waals surface area (Å²) >= 11 is 0. The molecule has 0 unspecified atom stereocenters. The lowest BCUT2D eigenvalue weighted by Gasteiger charge is -2.25. The van der Waals surface area contributed by atoms with Crippen LogP contribution in [0.5, 0.6) is 0 Å². The topological polar surface area (TPSA) is 53.9 Å². The number of hydrogen-bond donors (Lipinski definition) is 1. The van der Waals surface area contributed by atoms with E-state index in [2.05, 4.69) is 32.2 Å². The maximum absolute atomic E-state index is 4.40. The van der Waals surface area contributed by atoms with Crippen molar-refractivity contribution in [1.82, 2.24) is 20.3 Å². The van der Waals surface area contributed by atoms with Crippen LogP contribution in [0.3, 0.4) is 0 Å². The molecule has 17 heavy (non-hydrogen) atoms. The predicted octanol–water partition coefficient (Wildman–Crippen LogP) is 0.823. The molecule has 0 bridgehead atoms. The number of likely N-dealkylation sites (N-methyl/N-ethyl adjacent to an activating group) is 1. The molecule has 1 aliphatic heterocycles. The maximum atomic E-state index is 4.40. The van der Waals surface area contributed by atoms with Crippen molar-refractivity contribution in [1.29, 1.82) is 0 Å². The highest BCUT2D eigenvalue weighted by molar-refractivity contribution is 5.88. The van der Waals surface area contributed by atoms with Crippen LogP contribution in [0.4, 0.5) is 5.82 Å². The number of aromatic nitrogens is 3. The Balaban J connectivity index is 2.04. The van der Waals surface area contributed by atoms with E-state index in [-0.39, 0.29) is 0 Å². The van der Waals surface area contributed by atoms with Crippen LogP contribution in [0, 0.1) is 0 Å². The van der Waals surface area contributed by atoms with Crippen molar-refractivity contribution in [2.75, 3.05) is 25.0 Å². The molecular weight excluding hydrogens is 214 g/mol. The summed E-state index contributed by atoms with van der Waals surface area (Å²) in [7, 11) is 2.09. The van der Waals surface area contributed by atoms with Gasteiger partial charge in [0.2, 0.25) is 0 Å². The van der Waals surface area contributed by atoms with E-state index < -0.39 is 0 Å². The summed E-state index contributed by atoms with van der Waals surface area (Å²) in [5, 5.41) is 4.39. The fourth-order valence-electron chi connectivity index (χ4n) is 2.31. The predicted molar refractivity (Wildman–Crippen MR) is 67.0 cm³/mol. The van der Waals surface area contributed by atoms with Crippen LogP contribution >= 0.6 is 0 Å². The molecule has 1 N–H and O–H groups in total. The lowest BCUT2D eigenvalue weighted by molar-refractivity contribution is 0.679. The number of nitrogens with zero attached hydrogens (tertiary/aromatic N) is 4. The lowest BCUT2D eigenvalue weighted by atomic mass is 10.2. The molecule has 0 spiro atoms. The molecule has 0 radical (unpaired) electrons. The molecule has 1 saturated heterocycles. The molecule has 1 fully saturated rings. The van der Waals surface area contributed by atoms with Crippen LogP contribution < -0.4 is 10.2 Å². The van der Waals surface area contributed by atoms with Gasteiger partial charge in [0.15, 0.2) is 0 Å². The van der Waals surface area contributed by atoms with Gasteiger partial charge in [-0.05, 0) is 19.0 Å². The first-order valence-electron chi connectivity index (χ1n) is 5.84. The average molecular weight is 229 g/mol. The SMILES string of the molecule is CN(c1ncnc2ccncc12)[C@@H]1CCNC1. The fraction of sp³-hybridized carbons (Fsp3) is 0.417. The van der Waals surface area contributed by atoms with Crippen LogP contribution in [-0.4, -0.2) is 41.1 Å². The minimum absolute atomic E-state index is 0.508. The third kappa shape index (κ3) is 1.82. The van der Waals surface area contributed by atoms with Crippen molar-refractivity contribution in [3.8, 4) is 0 Å². The van der Waals surface area contributed by atoms with Crippen molar-refractivity contribution in [3.63, 3.8) is 0 Å². The van der Waals surface area contributed by atoms with Crippen molar-refractivity contribution in [2.24, 2.45) is 0 Å². The van der Waals surface area contributed by atoms with E-state index >= 15 is 0 Å². The average Bonchev–Trinajstić information content (AvgIpc) is 2.91. The quantitative estimate of drug-likeness (QED) is 0.826. The van der Waals surface area contributed by atoms with Gasteiger partial charge in [0.1, 0.15) is 12.1 Å². The minimum atomic E-state index is 0.508. The molecule has 3 heterocycles. The fourth-order valence-corrected chi connectivity index (χ4v) is 2.31. The highest BCUT2D eigenvalue weighted by Crippen LogP contribution is 2.23. The summed E-state index contributed by atoms with van der Waals surface area (Å²) in [4.78, 5) is 15.0. The third-order valence-corrected chi connectivity index (χ3v) is 3.33. The summed E-state index contributed by atoms with van der Waals surface area (Å²) in [5.74, 6) is 0.969. The second-order valence-electron chi connectivity index (χ2n) is 4.35. The Morgan fingerprint density at radius 2 is 2.35 bits per heavy atom. The lowest BCUT2D eigenvalue weighted by Crippen LogP contribution is -2.34. The Morgan fingerprint density at radius 3 is 3.18 bits per heavy atom. The largest absolute Gasteiger partial charge is 0.355 e. The zero-order valence-corrected chi connectivity index (χ0v) is 9.80. The Hall–Kier alpha value is -1.75. The van der Waals surface area contributed by atoms with Gasteiger partial charge in [-0.2, -0.15) is 0 Å². The molecule has 3 rings (SSSR count). The van der Waals surface area contributed by atoms with Crippen molar-refractivity contribution < 1.29 is 0 Å². The first kappa shape index (κ1) is 10.4. The molecule has 0 amide bonds. The number of anilines is 1. The third-order valence-electron chi connectivity index (χ3n) is 3.33. The normalized spacial score (nSPS) is 19.7. The monoisotopic (exact) mass is 229 g/mol. The first-order valence-corrected chi connectivity index (χ1v) is 5.84. The van der Waals surface area contributed by atoms with Gasteiger partial charge in [-0.1, -0.05) is 0 Å². The van der Waals surface area contributed by atoms with Crippen LogP contribution in [0.15, 0.2) is 24.8 Å². The zero-order chi connectivity index (χ0) is 11.7. The van der Waals surface area contributed by atoms with Gasteiger partial charge >= 0.3 is 0 Å². The molecule has 1 aliphatic rings. The van der Waals surface area contributed by atoms with E-state index in [1.54, 1.807) is 12.5 Å². The van der Waals surface area contributed by atoms with Crippen LogP contribution in [0.2, 0.25) is 0 Å². The summed E-state index contributed by atoms with van der Waals surface area (Å²) < 4.78 is 0. The smallest absolute Gasteiger partial charge is 0.141 e. The molecule has 1 atom stereocenters. The van der Waals surface area contributed by atoms with E-state index in [4.69, 9.17) is 0 Å². The van der Waals surface area contributed by atoms with Gasteiger partial charge in [-0.15, -0.1) is 0 Å². The molecule has 0 saturated carbocycles. The summed E-state index contributed by atoms with van der Waals surface area (Å²) in [6.45, 7) is 2.10. The maximum Gasteiger partial charge on any atom is 0.141 e. The molecule has 5 heteroatoms. The van der Waals surface area contributed by atoms with Gasteiger partial charge in [0, 0.05) is 32.0 Å². The highest BCUT2D eigenvalue weighted by Gasteiger charge is 2.21. The van der Waals surface area contributed by atoms with Gasteiger partial charge in [0.05, 0.1) is 10.9 Å². The van der Waals surface area contributed by atoms with Crippen LogP contribution in [0.1, 0.15) is 6.42 Å².